The van der Waals surface area contributed by atoms with Crippen molar-refractivity contribution in [2.45, 2.75) is 19.4 Å². The van der Waals surface area contributed by atoms with E-state index in [-0.39, 0.29) is 17.9 Å². The first kappa shape index (κ1) is 16.2. The Kier molecular flexibility index (Phi) is 4.64. The van der Waals surface area contributed by atoms with Crippen LogP contribution < -0.4 is 5.32 Å². The zero-order valence-corrected chi connectivity index (χ0v) is 14.0. The summed E-state index contributed by atoms with van der Waals surface area (Å²) in [6, 6.07) is 1.76. The summed E-state index contributed by atoms with van der Waals surface area (Å²) in [6.07, 6.45) is 6.88. The number of hydrogen-bond acceptors (Lipinski definition) is 4. The van der Waals surface area contributed by atoms with Crippen LogP contribution in [-0.4, -0.2) is 63.5 Å². The zero-order chi connectivity index (χ0) is 17.1. The number of carbonyl (C=O) groups is 2. The lowest BCUT2D eigenvalue weighted by Crippen LogP contribution is -2.48. The third kappa shape index (κ3) is 3.32. The summed E-state index contributed by atoms with van der Waals surface area (Å²) < 4.78 is 1.68. The SMILES string of the molecule is CN(C)C(=O)N1CCCC(C(=O)NCc2cnn3cccnc23)C1. The van der Waals surface area contributed by atoms with Crippen LogP contribution in [-0.2, 0) is 11.3 Å². The minimum absolute atomic E-state index is 0.0264. The zero-order valence-electron chi connectivity index (χ0n) is 14.0. The van der Waals surface area contributed by atoms with Crippen molar-refractivity contribution in [3.8, 4) is 0 Å². The monoisotopic (exact) mass is 330 g/mol. The van der Waals surface area contributed by atoms with Gasteiger partial charge in [0.2, 0.25) is 5.91 Å². The smallest absolute Gasteiger partial charge is 0.319 e. The highest BCUT2D eigenvalue weighted by atomic mass is 16.2. The molecule has 0 aliphatic carbocycles. The van der Waals surface area contributed by atoms with E-state index in [1.165, 1.54) is 0 Å². The maximum absolute atomic E-state index is 12.5. The molecule has 1 aliphatic heterocycles. The molecule has 0 spiro atoms. The molecule has 8 heteroatoms. The molecule has 8 nitrogen and oxygen atoms in total. The summed E-state index contributed by atoms with van der Waals surface area (Å²) in [5, 5.41) is 7.16. The summed E-state index contributed by atoms with van der Waals surface area (Å²) in [6.45, 7) is 1.56. The van der Waals surface area contributed by atoms with Gasteiger partial charge in [-0.2, -0.15) is 5.10 Å². The van der Waals surface area contributed by atoms with Gasteiger partial charge in [-0.15, -0.1) is 0 Å². The molecule has 1 atom stereocenters. The highest BCUT2D eigenvalue weighted by molar-refractivity contribution is 5.81. The van der Waals surface area contributed by atoms with Crippen LogP contribution in [0.2, 0.25) is 0 Å². The van der Waals surface area contributed by atoms with E-state index in [1.807, 2.05) is 6.20 Å². The van der Waals surface area contributed by atoms with E-state index in [0.717, 1.165) is 24.1 Å². The van der Waals surface area contributed by atoms with Crippen LogP contribution in [0, 0.1) is 5.92 Å². The quantitative estimate of drug-likeness (QED) is 0.900. The van der Waals surface area contributed by atoms with Gasteiger partial charge in [-0.3, -0.25) is 4.79 Å². The van der Waals surface area contributed by atoms with Crippen LogP contribution in [0.4, 0.5) is 4.79 Å². The van der Waals surface area contributed by atoms with Crippen molar-refractivity contribution < 1.29 is 9.59 Å². The normalized spacial score (nSPS) is 17.8. The molecule has 1 saturated heterocycles. The number of aromatic nitrogens is 3. The lowest BCUT2D eigenvalue weighted by atomic mass is 9.97. The number of urea groups is 1. The van der Waals surface area contributed by atoms with Crippen LogP contribution in [0.1, 0.15) is 18.4 Å². The number of hydrogen-bond donors (Lipinski definition) is 1. The maximum atomic E-state index is 12.5. The fourth-order valence-electron chi connectivity index (χ4n) is 2.98. The number of amides is 3. The number of nitrogens with one attached hydrogen (secondary N) is 1. The Morgan fingerprint density at radius 3 is 3.04 bits per heavy atom. The Hall–Kier alpha value is -2.64. The predicted molar refractivity (Wildman–Crippen MR) is 88.2 cm³/mol. The minimum Gasteiger partial charge on any atom is -0.352 e. The first-order valence-electron chi connectivity index (χ1n) is 8.07. The van der Waals surface area contributed by atoms with Gasteiger partial charge in [-0.1, -0.05) is 0 Å². The second-order valence-electron chi connectivity index (χ2n) is 6.24. The minimum atomic E-state index is -0.169. The van der Waals surface area contributed by atoms with E-state index in [0.29, 0.717) is 19.6 Å². The van der Waals surface area contributed by atoms with Crippen LogP contribution in [0.3, 0.4) is 0 Å². The Morgan fingerprint density at radius 1 is 1.42 bits per heavy atom. The molecule has 0 saturated carbocycles. The lowest BCUT2D eigenvalue weighted by Gasteiger charge is -2.33. The molecule has 3 heterocycles. The molecule has 2 aromatic heterocycles. The van der Waals surface area contributed by atoms with Crippen LogP contribution in [0.15, 0.2) is 24.7 Å². The van der Waals surface area contributed by atoms with Crippen LogP contribution >= 0.6 is 0 Å². The average molecular weight is 330 g/mol. The second kappa shape index (κ2) is 6.86. The highest BCUT2D eigenvalue weighted by Gasteiger charge is 2.29. The van der Waals surface area contributed by atoms with Gasteiger partial charge < -0.3 is 15.1 Å². The van der Waals surface area contributed by atoms with Gasteiger partial charge in [0, 0.05) is 51.7 Å². The van der Waals surface area contributed by atoms with Gasteiger partial charge in [-0.05, 0) is 18.9 Å². The number of carbonyl (C=O) groups excluding carboxylic acids is 2. The summed E-state index contributed by atoms with van der Waals surface area (Å²) in [5.41, 5.74) is 1.62. The summed E-state index contributed by atoms with van der Waals surface area (Å²) in [7, 11) is 3.45. The first-order chi connectivity index (χ1) is 11.6. The molecule has 1 aliphatic rings. The van der Waals surface area contributed by atoms with Gasteiger partial charge >= 0.3 is 6.03 Å². The summed E-state index contributed by atoms with van der Waals surface area (Å²) in [4.78, 5) is 32.1. The van der Waals surface area contributed by atoms with Gasteiger partial charge in [0.05, 0.1) is 12.1 Å². The summed E-state index contributed by atoms with van der Waals surface area (Å²) in [5.74, 6) is -0.195. The number of nitrogens with zero attached hydrogens (tertiary/aromatic N) is 5. The number of rotatable bonds is 3. The van der Waals surface area contributed by atoms with E-state index in [9.17, 15) is 9.59 Å². The Morgan fingerprint density at radius 2 is 2.25 bits per heavy atom. The second-order valence-corrected chi connectivity index (χ2v) is 6.24. The van der Waals surface area contributed by atoms with Crippen molar-refractivity contribution in [2.75, 3.05) is 27.2 Å². The molecule has 1 fully saturated rings. The van der Waals surface area contributed by atoms with E-state index < -0.39 is 0 Å². The average Bonchev–Trinajstić information content (AvgIpc) is 3.02. The molecule has 0 aromatic carbocycles. The van der Waals surface area contributed by atoms with Crippen molar-refractivity contribution in [1.29, 1.82) is 0 Å². The summed E-state index contributed by atoms with van der Waals surface area (Å²) >= 11 is 0. The fourth-order valence-corrected chi connectivity index (χ4v) is 2.98. The molecule has 1 N–H and O–H groups in total. The topological polar surface area (TPSA) is 82.8 Å². The van der Waals surface area contributed by atoms with Crippen molar-refractivity contribution in [3.63, 3.8) is 0 Å². The maximum Gasteiger partial charge on any atom is 0.319 e. The Balaban J connectivity index is 1.59. The molecular formula is C16H22N6O2. The van der Waals surface area contributed by atoms with Crippen LogP contribution in [0.25, 0.3) is 5.65 Å². The number of likely N-dealkylation sites (tertiary alicyclic amines) is 1. The third-order valence-corrected chi connectivity index (χ3v) is 4.25. The van der Waals surface area contributed by atoms with Crippen molar-refractivity contribution in [1.82, 2.24) is 29.7 Å². The molecule has 24 heavy (non-hydrogen) atoms. The number of piperidine rings is 1. The standard InChI is InChI=1S/C16H22N6O2/c1-20(2)16(24)21-7-3-5-12(11-21)15(23)18-9-13-10-19-22-8-4-6-17-14(13)22/h4,6,8,10,12H,3,5,7,9,11H2,1-2H3,(H,18,23). The molecule has 3 rings (SSSR count). The van der Waals surface area contributed by atoms with Crippen molar-refractivity contribution >= 4 is 17.6 Å². The molecule has 0 radical (unpaired) electrons. The van der Waals surface area contributed by atoms with Gasteiger partial charge in [-0.25, -0.2) is 14.3 Å². The van der Waals surface area contributed by atoms with Gasteiger partial charge in [0.1, 0.15) is 0 Å². The Labute approximate surface area is 140 Å². The number of fused-ring (bicyclic) bond motifs is 1. The fraction of sp³-hybridized carbons (Fsp3) is 0.500. The predicted octanol–water partition coefficient (Wildman–Crippen LogP) is 0.739. The molecule has 128 valence electrons. The largest absolute Gasteiger partial charge is 0.352 e. The first-order valence-corrected chi connectivity index (χ1v) is 8.07. The van der Waals surface area contributed by atoms with Gasteiger partial charge in [0.15, 0.2) is 5.65 Å². The van der Waals surface area contributed by atoms with E-state index >= 15 is 0 Å². The lowest BCUT2D eigenvalue weighted by molar-refractivity contribution is -0.126. The van der Waals surface area contributed by atoms with Crippen molar-refractivity contribution in [2.24, 2.45) is 5.92 Å². The van der Waals surface area contributed by atoms with Gasteiger partial charge in [0.25, 0.3) is 0 Å². The highest BCUT2D eigenvalue weighted by Crippen LogP contribution is 2.18. The molecular weight excluding hydrogens is 308 g/mol. The molecule has 0 bridgehead atoms. The third-order valence-electron chi connectivity index (χ3n) is 4.25. The molecule has 1 unspecified atom stereocenters. The Bertz CT molecular complexity index is 741. The van der Waals surface area contributed by atoms with E-state index in [4.69, 9.17) is 0 Å². The molecule has 3 amide bonds. The van der Waals surface area contributed by atoms with Crippen molar-refractivity contribution in [3.05, 3.63) is 30.2 Å². The van der Waals surface area contributed by atoms with E-state index in [2.05, 4.69) is 15.4 Å². The van der Waals surface area contributed by atoms with Crippen LogP contribution in [0.5, 0.6) is 0 Å². The van der Waals surface area contributed by atoms with E-state index in [1.54, 1.807) is 46.9 Å². The molecule has 2 aromatic rings.